The van der Waals surface area contributed by atoms with Crippen LogP contribution in [0.5, 0.6) is 0 Å². The Kier molecular flexibility index (Phi) is 17.4. The first-order valence-corrected chi connectivity index (χ1v) is 18.9. The quantitative estimate of drug-likeness (QED) is 0.144. The van der Waals surface area contributed by atoms with Crippen LogP contribution in [0, 0.1) is 33.8 Å². The molecule has 0 saturated carbocycles. The summed E-state index contributed by atoms with van der Waals surface area (Å²) in [6, 6.07) is 49.5. The molecule has 0 aliphatic rings. The smallest absolute Gasteiger partial charge is 0.168 e. The second-order valence-corrected chi connectivity index (χ2v) is 13.8. The molecule has 4 heterocycles. The molecule has 4 aromatic carbocycles. The first kappa shape index (κ1) is 46.4. The van der Waals surface area contributed by atoms with Gasteiger partial charge in [-0.2, -0.15) is 5.10 Å². The van der Waals surface area contributed by atoms with Gasteiger partial charge in [-0.1, -0.05) is 91.0 Å². The molecule has 0 fully saturated rings. The maximum Gasteiger partial charge on any atom is 0.168 e. The van der Waals surface area contributed by atoms with Crippen molar-refractivity contribution >= 4 is 0 Å². The molecule has 59 heavy (non-hydrogen) atoms. The van der Waals surface area contributed by atoms with Gasteiger partial charge in [-0.05, 0) is 72.2 Å². The zero-order chi connectivity index (χ0) is 40.3. The predicted molar refractivity (Wildman–Crippen MR) is 226 cm³/mol. The van der Waals surface area contributed by atoms with Gasteiger partial charge in [0.1, 0.15) is 0 Å². The van der Waals surface area contributed by atoms with Crippen molar-refractivity contribution in [3.05, 3.63) is 168 Å². The maximum absolute atomic E-state index is 8.56. The van der Waals surface area contributed by atoms with Crippen molar-refractivity contribution < 1.29 is 50.4 Å². The Balaban J connectivity index is 0.000000219. The van der Waals surface area contributed by atoms with Crippen LogP contribution in [-0.4, -0.2) is 61.9 Å². The summed E-state index contributed by atoms with van der Waals surface area (Å²) in [6.07, 6.45) is -0.278. The molecule has 2 N–H and O–H groups in total. The van der Waals surface area contributed by atoms with Crippen molar-refractivity contribution in [3.8, 4) is 56.9 Å². The van der Waals surface area contributed by atoms with Crippen LogP contribution in [0.4, 0.5) is 0 Å². The summed E-state index contributed by atoms with van der Waals surface area (Å²) < 4.78 is 4.15. The molecule has 12 heteroatoms. The predicted octanol–water partition coefficient (Wildman–Crippen LogP) is 9.16. The molecule has 0 aliphatic carbocycles. The van der Waals surface area contributed by atoms with Gasteiger partial charge in [0, 0.05) is 68.3 Å². The van der Waals surface area contributed by atoms with E-state index < -0.39 is 0 Å². The van der Waals surface area contributed by atoms with E-state index in [1.54, 1.807) is 13.8 Å². The molecule has 0 saturated heterocycles. The Morgan fingerprint density at radius 3 is 1.15 bits per heavy atom. The third kappa shape index (κ3) is 11.9. The molecule has 4 aromatic heterocycles. The van der Waals surface area contributed by atoms with Gasteiger partial charge in [-0.3, -0.25) is 14.5 Å². The molecule has 0 bridgehead atoms. The second kappa shape index (κ2) is 22.2. The van der Waals surface area contributed by atoms with Crippen molar-refractivity contribution in [1.29, 1.82) is 0 Å². The molecule has 2 atom stereocenters. The number of rotatable bonds is 8. The van der Waals surface area contributed by atoms with Crippen LogP contribution < -0.4 is 0 Å². The molecule has 2 radical (unpaired) electrons. The van der Waals surface area contributed by atoms with Gasteiger partial charge in [0.15, 0.2) is 17.5 Å². The van der Waals surface area contributed by atoms with Crippen LogP contribution in [0.2, 0.25) is 0 Å². The summed E-state index contributed by atoms with van der Waals surface area (Å²) in [5.41, 5.74) is 9.81. The zero-order valence-electron chi connectivity index (χ0n) is 33.8. The second-order valence-electron chi connectivity index (χ2n) is 13.8. The number of aromatic nitrogens is 8. The topological polar surface area (TPSA) is 128 Å². The molecule has 0 spiro atoms. The van der Waals surface area contributed by atoms with Gasteiger partial charge in [0.25, 0.3) is 0 Å². The molecule has 2 unspecified atom stereocenters. The van der Waals surface area contributed by atoms with E-state index in [0.29, 0.717) is 6.42 Å². The molecular weight excluding hydrogens is 1090 g/mol. The van der Waals surface area contributed by atoms with E-state index in [1.165, 1.54) is 0 Å². The molecule has 8 aromatic rings. The van der Waals surface area contributed by atoms with E-state index in [-0.39, 0.29) is 52.4 Å². The average molecular weight is 1140 g/mol. The van der Waals surface area contributed by atoms with Crippen molar-refractivity contribution in [3.63, 3.8) is 0 Å². The molecule has 8 rings (SSSR count). The Hall–Kier alpha value is -5.32. The summed E-state index contributed by atoms with van der Waals surface area (Å²) in [6.45, 7) is 11.3. The molecule has 0 aliphatic heterocycles. The van der Waals surface area contributed by atoms with E-state index >= 15 is 0 Å². The number of aryl methyl sites for hydroxylation is 4. The first-order valence-electron chi connectivity index (χ1n) is 18.9. The Bertz CT molecular complexity index is 2200. The fourth-order valence-electron chi connectivity index (χ4n) is 6.38. The van der Waals surface area contributed by atoms with Crippen LogP contribution in [0.15, 0.2) is 140 Å². The summed E-state index contributed by atoms with van der Waals surface area (Å²) in [5, 5.41) is 35.0. The van der Waals surface area contributed by atoms with Crippen molar-refractivity contribution in [2.45, 2.75) is 60.2 Å². The van der Waals surface area contributed by atoms with Crippen LogP contribution in [-0.2, 0) is 40.2 Å². The molecule has 0 amide bonds. The van der Waals surface area contributed by atoms with Gasteiger partial charge in [-0.15, -0.1) is 51.2 Å². The Morgan fingerprint density at radius 1 is 0.475 bits per heavy atom. The summed E-state index contributed by atoms with van der Waals surface area (Å²) >= 11 is 0. The van der Waals surface area contributed by atoms with Crippen LogP contribution in [0.1, 0.15) is 43.0 Å². The minimum Gasteiger partial charge on any atom is -0.393 e. The number of benzene rings is 4. The van der Waals surface area contributed by atoms with E-state index in [9.17, 15) is 0 Å². The normalized spacial score (nSPS) is 11.4. The van der Waals surface area contributed by atoms with Gasteiger partial charge >= 0.3 is 0 Å². The molecule has 10 nitrogen and oxygen atoms in total. The van der Waals surface area contributed by atoms with Gasteiger partial charge < -0.3 is 14.8 Å². The summed E-state index contributed by atoms with van der Waals surface area (Å²) in [4.78, 5) is 9.24. The van der Waals surface area contributed by atoms with E-state index in [1.807, 2.05) is 155 Å². The minimum absolute atomic E-state index is 0. The molecular formula is C47H47Ir2N8O2-. The third-order valence-electron chi connectivity index (χ3n) is 8.93. The van der Waals surface area contributed by atoms with E-state index in [0.717, 1.165) is 79.7 Å². The van der Waals surface area contributed by atoms with Gasteiger partial charge in [0.2, 0.25) is 0 Å². The molecule has 306 valence electrons. The summed E-state index contributed by atoms with van der Waals surface area (Å²) in [7, 11) is 0. The number of hydrogen-bond donors (Lipinski definition) is 2. The number of nitrogens with zero attached hydrogens (tertiary/aromatic N) is 8. The average Bonchev–Trinajstić information content (AvgIpc) is 3.85. The third-order valence-corrected chi connectivity index (χ3v) is 8.93. The van der Waals surface area contributed by atoms with Gasteiger partial charge in [0.05, 0.1) is 40.8 Å². The maximum atomic E-state index is 8.56. The largest absolute Gasteiger partial charge is 0.393 e. The van der Waals surface area contributed by atoms with E-state index in [4.69, 9.17) is 10.2 Å². The summed E-state index contributed by atoms with van der Waals surface area (Å²) in [5.74, 6) is 3.18. The monoisotopic (exact) mass is 1140 g/mol. The minimum atomic E-state index is -0.375. The van der Waals surface area contributed by atoms with Crippen molar-refractivity contribution in [2.75, 3.05) is 0 Å². The number of aliphatic hydroxyl groups excluding tert-OH is 2. The van der Waals surface area contributed by atoms with Crippen LogP contribution in [0.25, 0.3) is 56.9 Å². The Morgan fingerprint density at radius 2 is 0.831 bits per heavy atom. The fourth-order valence-corrected chi connectivity index (χ4v) is 6.38. The van der Waals surface area contributed by atoms with Gasteiger partial charge in [-0.25, -0.2) is 0 Å². The number of pyridine rings is 2. The van der Waals surface area contributed by atoms with Crippen LogP contribution >= 0.6 is 0 Å². The number of aliphatic hydroxyl groups is 2. The van der Waals surface area contributed by atoms with Crippen molar-refractivity contribution in [2.24, 2.45) is 0 Å². The number of hydrogen-bond acceptors (Lipinski definition) is 8. The SMILES string of the molecule is CC(O)CC(C)O.Cc1ccc(-n2c(-c3[c-]cccc3)nnc2-c2ccccc2)c(C)n1.Cc1ccc(-n2c(-c3ccccc3)nnc2-c2ccccc2)c(C)n1.[Ir].[Ir]. The Labute approximate surface area is 373 Å². The standard InChI is InChI=1S/C21H18N4.C21H17N4.C5H12O2.2Ir/c2*1-15-13-14-19(16(2)22-15)25-20(17-9-5-3-6-10-17)23-24-21(25)18-11-7-4-8-12-18;1-4(6)3-5(2)7;;/h3-14H,1-2H3;3-11,13-14H,1-2H3;4-7H,3H2,1-2H3;;/q;-1;;;. The fraction of sp³-hybridized carbons (Fsp3) is 0.191. The van der Waals surface area contributed by atoms with E-state index in [2.05, 4.69) is 57.7 Å². The zero-order valence-corrected chi connectivity index (χ0v) is 38.6. The van der Waals surface area contributed by atoms with Crippen molar-refractivity contribution in [1.82, 2.24) is 39.5 Å². The first-order chi connectivity index (χ1) is 27.6. The van der Waals surface area contributed by atoms with Crippen LogP contribution in [0.3, 0.4) is 0 Å².